The van der Waals surface area contributed by atoms with E-state index in [1.54, 1.807) is 37.4 Å². The predicted molar refractivity (Wildman–Crippen MR) is 107 cm³/mol. The summed E-state index contributed by atoms with van der Waals surface area (Å²) in [6, 6.07) is 12.0. The molecule has 2 aromatic carbocycles. The second-order valence-electron chi connectivity index (χ2n) is 6.63. The third kappa shape index (κ3) is 7.71. The van der Waals surface area contributed by atoms with Crippen LogP contribution in [0, 0.1) is 5.82 Å². The molecule has 29 heavy (non-hydrogen) atoms. The molecule has 0 aliphatic heterocycles. The van der Waals surface area contributed by atoms with Gasteiger partial charge in [0.1, 0.15) is 5.82 Å². The highest BCUT2D eigenvalue weighted by atomic mass is 19.1. The third-order valence-corrected chi connectivity index (χ3v) is 3.87. The van der Waals surface area contributed by atoms with Gasteiger partial charge in [-0.3, -0.25) is 9.59 Å². The van der Waals surface area contributed by atoms with Crippen LogP contribution in [0.2, 0.25) is 0 Å². The van der Waals surface area contributed by atoms with Gasteiger partial charge in [-0.2, -0.15) is 0 Å². The van der Waals surface area contributed by atoms with Crippen LogP contribution in [-0.2, 0) is 14.3 Å². The first-order chi connectivity index (χ1) is 13.9. The fraction of sp³-hybridized carbons (Fsp3) is 0.286. The molecule has 0 saturated carbocycles. The molecule has 0 aliphatic carbocycles. The monoisotopic (exact) mass is 402 g/mol. The van der Waals surface area contributed by atoms with Gasteiger partial charge < -0.3 is 20.3 Å². The number of hydrogen-bond acceptors (Lipinski definition) is 4. The molecule has 7 nitrogen and oxygen atoms in total. The van der Waals surface area contributed by atoms with Crippen molar-refractivity contribution in [3.8, 4) is 0 Å². The maximum Gasteiger partial charge on any atom is 0.338 e. The van der Waals surface area contributed by atoms with E-state index in [4.69, 9.17) is 4.74 Å². The number of benzene rings is 2. The highest BCUT2D eigenvalue weighted by molar-refractivity contribution is 5.94. The van der Waals surface area contributed by atoms with E-state index in [0.29, 0.717) is 28.4 Å². The Morgan fingerprint density at radius 1 is 0.966 bits per heavy atom. The average Bonchev–Trinajstić information content (AvgIpc) is 2.66. The number of quaternary nitrogens is 1. The van der Waals surface area contributed by atoms with Crippen molar-refractivity contribution >= 4 is 29.2 Å². The van der Waals surface area contributed by atoms with Crippen LogP contribution >= 0.6 is 0 Å². The Balaban J connectivity index is 1.79. The van der Waals surface area contributed by atoms with Gasteiger partial charge in [-0.15, -0.1) is 0 Å². The Hall–Kier alpha value is -3.26. The van der Waals surface area contributed by atoms with Gasteiger partial charge in [-0.25, -0.2) is 9.18 Å². The lowest BCUT2D eigenvalue weighted by atomic mass is 10.2. The summed E-state index contributed by atoms with van der Waals surface area (Å²) >= 11 is 0. The molecular formula is C21H25FN3O4+. The molecule has 0 bridgehead atoms. The summed E-state index contributed by atoms with van der Waals surface area (Å²) in [5.74, 6) is -1.44. The predicted octanol–water partition coefficient (Wildman–Crippen LogP) is 1.48. The number of carbonyl (C=O) groups excluding carboxylic acids is 3. The minimum absolute atomic E-state index is 0.0478. The fourth-order valence-corrected chi connectivity index (χ4v) is 2.56. The molecule has 1 unspecified atom stereocenters. The van der Waals surface area contributed by atoms with Crippen molar-refractivity contribution in [1.82, 2.24) is 0 Å². The molecule has 2 rings (SSSR count). The molecule has 0 saturated heterocycles. The number of anilines is 2. The second-order valence-corrected chi connectivity index (χ2v) is 6.63. The van der Waals surface area contributed by atoms with Crippen molar-refractivity contribution in [2.24, 2.45) is 0 Å². The van der Waals surface area contributed by atoms with Gasteiger partial charge in [0, 0.05) is 11.4 Å². The maximum atomic E-state index is 13.1. The van der Waals surface area contributed by atoms with Crippen molar-refractivity contribution < 1.29 is 28.4 Å². The van der Waals surface area contributed by atoms with Crippen LogP contribution < -0.4 is 15.5 Å². The van der Waals surface area contributed by atoms with E-state index in [0.717, 1.165) is 6.42 Å². The van der Waals surface area contributed by atoms with E-state index < -0.39 is 11.8 Å². The molecule has 0 fully saturated rings. The molecule has 0 aliphatic rings. The average molecular weight is 402 g/mol. The minimum atomic E-state index is -0.437. The first-order valence-electron chi connectivity index (χ1n) is 9.31. The standard InChI is InChI=1S/C21H24FN3O4/c1-3-11-29-21(28)15-7-9-17(10-8-15)23-19(26)13-25(2)14-20(27)24-18-6-4-5-16(22)12-18/h4-10,12H,3,11,13-14H2,1-2H3,(H,23,26)(H,24,27)/p+1. The van der Waals surface area contributed by atoms with Gasteiger partial charge in [0.15, 0.2) is 13.1 Å². The van der Waals surface area contributed by atoms with Crippen molar-refractivity contribution in [1.29, 1.82) is 0 Å². The van der Waals surface area contributed by atoms with Crippen LogP contribution in [0.1, 0.15) is 23.7 Å². The Labute approximate surface area is 168 Å². The van der Waals surface area contributed by atoms with Crippen molar-refractivity contribution in [2.75, 3.05) is 37.4 Å². The summed E-state index contributed by atoms with van der Waals surface area (Å²) in [5, 5.41) is 5.31. The Kier molecular flexibility index (Phi) is 8.29. The number of ether oxygens (including phenoxy) is 1. The largest absolute Gasteiger partial charge is 0.462 e. The van der Waals surface area contributed by atoms with E-state index >= 15 is 0 Å². The Morgan fingerprint density at radius 2 is 1.59 bits per heavy atom. The molecule has 2 aromatic rings. The van der Waals surface area contributed by atoms with E-state index in [9.17, 15) is 18.8 Å². The number of esters is 1. The van der Waals surface area contributed by atoms with Gasteiger partial charge in [0.25, 0.3) is 11.8 Å². The molecule has 1 atom stereocenters. The van der Waals surface area contributed by atoms with E-state index in [2.05, 4.69) is 10.6 Å². The summed E-state index contributed by atoms with van der Waals surface area (Å²) in [6.07, 6.45) is 0.746. The topological polar surface area (TPSA) is 88.9 Å². The van der Waals surface area contributed by atoms with Crippen molar-refractivity contribution in [3.05, 3.63) is 59.9 Å². The number of likely N-dealkylation sites (N-methyl/N-ethyl adjacent to an activating group) is 1. The molecule has 2 amide bonds. The summed E-state index contributed by atoms with van der Waals surface area (Å²) < 4.78 is 18.2. The molecule has 0 heterocycles. The molecule has 154 valence electrons. The van der Waals surface area contributed by atoms with Crippen LogP contribution in [0.5, 0.6) is 0 Å². The third-order valence-electron chi connectivity index (χ3n) is 3.87. The Morgan fingerprint density at radius 3 is 2.17 bits per heavy atom. The van der Waals surface area contributed by atoms with Gasteiger partial charge in [0.05, 0.1) is 19.2 Å². The highest BCUT2D eigenvalue weighted by Gasteiger charge is 2.15. The van der Waals surface area contributed by atoms with Gasteiger partial charge in [-0.1, -0.05) is 13.0 Å². The SMILES string of the molecule is CCCOC(=O)c1ccc(NC(=O)C[NH+](C)CC(=O)Nc2cccc(F)c2)cc1. The number of hydrogen-bond donors (Lipinski definition) is 3. The van der Waals surface area contributed by atoms with Crippen LogP contribution in [-0.4, -0.2) is 44.5 Å². The summed E-state index contributed by atoms with van der Waals surface area (Å²) in [6.45, 7) is 2.39. The fourth-order valence-electron chi connectivity index (χ4n) is 2.56. The van der Waals surface area contributed by atoms with Gasteiger partial charge in [-0.05, 0) is 48.9 Å². The second kappa shape index (κ2) is 10.9. The van der Waals surface area contributed by atoms with Crippen molar-refractivity contribution in [2.45, 2.75) is 13.3 Å². The normalized spacial score (nSPS) is 11.4. The summed E-state index contributed by atoms with van der Waals surface area (Å²) in [4.78, 5) is 36.6. The van der Waals surface area contributed by atoms with Crippen LogP contribution in [0.25, 0.3) is 0 Å². The summed E-state index contributed by atoms with van der Waals surface area (Å²) in [5.41, 5.74) is 1.32. The van der Waals surface area contributed by atoms with E-state index in [-0.39, 0.29) is 24.9 Å². The first-order valence-corrected chi connectivity index (χ1v) is 9.31. The molecule has 0 spiro atoms. The van der Waals surface area contributed by atoms with Crippen molar-refractivity contribution in [3.63, 3.8) is 0 Å². The number of nitrogens with one attached hydrogen (secondary N) is 3. The smallest absolute Gasteiger partial charge is 0.338 e. The van der Waals surface area contributed by atoms with Gasteiger partial charge in [0.2, 0.25) is 0 Å². The zero-order chi connectivity index (χ0) is 21.2. The summed E-state index contributed by atoms with van der Waals surface area (Å²) in [7, 11) is 1.71. The van der Waals surface area contributed by atoms with E-state index in [1.807, 2.05) is 6.92 Å². The number of carbonyl (C=O) groups is 3. The quantitative estimate of drug-likeness (QED) is 0.555. The molecule has 0 aromatic heterocycles. The van der Waals surface area contributed by atoms with Crippen LogP contribution in [0.4, 0.5) is 15.8 Å². The lowest BCUT2D eigenvalue weighted by Gasteiger charge is -2.14. The molecular weight excluding hydrogens is 377 g/mol. The zero-order valence-corrected chi connectivity index (χ0v) is 16.5. The molecule has 3 N–H and O–H groups in total. The van der Waals surface area contributed by atoms with E-state index in [1.165, 1.54) is 18.2 Å². The van der Waals surface area contributed by atoms with Gasteiger partial charge >= 0.3 is 5.97 Å². The zero-order valence-electron chi connectivity index (χ0n) is 16.5. The minimum Gasteiger partial charge on any atom is -0.462 e. The number of halogens is 1. The number of rotatable bonds is 9. The highest BCUT2D eigenvalue weighted by Crippen LogP contribution is 2.11. The molecule has 0 radical (unpaired) electrons. The van der Waals surface area contributed by atoms with Crippen LogP contribution in [0.3, 0.4) is 0 Å². The lowest BCUT2D eigenvalue weighted by Crippen LogP contribution is -3.11. The number of amides is 2. The Bertz CT molecular complexity index is 855. The van der Waals surface area contributed by atoms with Crippen LogP contribution in [0.15, 0.2) is 48.5 Å². The lowest BCUT2D eigenvalue weighted by molar-refractivity contribution is -0.862. The first kappa shape index (κ1) is 22.0. The maximum absolute atomic E-state index is 13.1. The molecule has 8 heteroatoms.